The molecule has 3 N–H and O–H groups in total. The van der Waals surface area contributed by atoms with Crippen molar-refractivity contribution in [1.29, 1.82) is 0 Å². The van der Waals surface area contributed by atoms with Gasteiger partial charge in [-0.2, -0.15) is 5.10 Å². The van der Waals surface area contributed by atoms with Crippen LogP contribution in [0.2, 0.25) is 0 Å². The van der Waals surface area contributed by atoms with Gasteiger partial charge in [0.15, 0.2) is 18.1 Å². The molecule has 0 atom stereocenters. The van der Waals surface area contributed by atoms with Crippen molar-refractivity contribution < 1.29 is 28.6 Å². The summed E-state index contributed by atoms with van der Waals surface area (Å²) in [6.45, 7) is 4.40. The van der Waals surface area contributed by atoms with E-state index in [1.54, 1.807) is 48.5 Å². The molecule has 3 aromatic rings. The third-order valence-corrected chi connectivity index (χ3v) is 6.34. The van der Waals surface area contributed by atoms with Crippen molar-refractivity contribution in [2.24, 2.45) is 5.10 Å². The summed E-state index contributed by atoms with van der Waals surface area (Å²) in [6, 6.07) is 17.1. The summed E-state index contributed by atoms with van der Waals surface area (Å²) in [6.07, 6.45) is 3.34. The van der Waals surface area contributed by atoms with Gasteiger partial charge in [-0.3, -0.25) is 14.4 Å². The van der Waals surface area contributed by atoms with E-state index in [0.717, 1.165) is 22.9 Å². The summed E-state index contributed by atoms with van der Waals surface area (Å²) < 4.78 is 17.5. The number of methoxy groups -OCH3 is 1. The smallest absolute Gasteiger partial charge is 0.329 e. The van der Waals surface area contributed by atoms with Crippen molar-refractivity contribution in [1.82, 2.24) is 5.43 Å². The number of hydrogen-bond donors (Lipinski definition) is 3. The number of nitrogens with one attached hydrogen (secondary N) is 3. The SMILES string of the molecule is CCCCOc1ccc(NC(=O)C(=O)N/N=C\c2ccc(OCC(=O)Nc3ccc(Br)c(C)c3)c(OC)c2)cc1. The Hall–Kier alpha value is -4.38. The molecule has 0 aromatic heterocycles. The second kappa shape index (κ2) is 15.3. The number of hydrazone groups is 1. The van der Waals surface area contributed by atoms with E-state index in [0.29, 0.717) is 40.8 Å². The van der Waals surface area contributed by atoms with Crippen LogP contribution in [0, 0.1) is 6.92 Å². The number of benzene rings is 3. The fraction of sp³-hybridized carbons (Fsp3) is 0.241. The lowest BCUT2D eigenvalue weighted by Gasteiger charge is -2.12. The number of unbranched alkanes of at least 4 members (excludes halogenated alkanes) is 1. The zero-order chi connectivity index (χ0) is 28.9. The quantitative estimate of drug-likeness (QED) is 0.114. The standard InChI is InChI=1S/C29H31BrN4O6/c1-4-5-14-39-23-10-7-21(8-11-23)33-28(36)29(37)34-31-17-20-6-13-25(26(16-20)38-3)40-18-27(35)32-22-9-12-24(30)19(2)15-22/h6-13,15-17H,4-5,14,18H2,1-3H3,(H,32,35)(H,33,36)(H,34,37)/b31-17-. The van der Waals surface area contributed by atoms with Gasteiger partial charge < -0.3 is 24.8 Å². The van der Waals surface area contributed by atoms with E-state index >= 15 is 0 Å². The lowest BCUT2D eigenvalue weighted by atomic mass is 10.2. The molecule has 0 bridgehead atoms. The molecule has 0 aliphatic carbocycles. The van der Waals surface area contributed by atoms with Crippen molar-refractivity contribution >= 4 is 51.2 Å². The van der Waals surface area contributed by atoms with Crippen LogP contribution in [-0.4, -0.2) is 44.3 Å². The van der Waals surface area contributed by atoms with Crippen LogP contribution in [0.5, 0.6) is 17.2 Å². The maximum absolute atomic E-state index is 12.3. The minimum Gasteiger partial charge on any atom is -0.494 e. The van der Waals surface area contributed by atoms with E-state index in [1.165, 1.54) is 13.3 Å². The topological polar surface area (TPSA) is 127 Å². The number of carbonyl (C=O) groups is 3. The normalized spacial score (nSPS) is 10.6. The second-order valence-electron chi connectivity index (χ2n) is 8.59. The van der Waals surface area contributed by atoms with E-state index < -0.39 is 11.8 Å². The third kappa shape index (κ3) is 9.42. The van der Waals surface area contributed by atoms with Crippen LogP contribution < -0.4 is 30.3 Å². The van der Waals surface area contributed by atoms with Crippen LogP contribution in [0.3, 0.4) is 0 Å². The summed E-state index contributed by atoms with van der Waals surface area (Å²) in [5.41, 5.74) is 4.86. The zero-order valence-electron chi connectivity index (χ0n) is 22.5. The number of carbonyl (C=O) groups excluding carboxylic acids is 3. The van der Waals surface area contributed by atoms with Gasteiger partial charge in [0.1, 0.15) is 5.75 Å². The minimum absolute atomic E-state index is 0.224. The molecule has 0 spiro atoms. The van der Waals surface area contributed by atoms with Gasteiger partial charge in [0.05, 0.1) is 19.9 Å². The molecule has 11 heteroatoms. The maximum Gasteiger partial charge on any atom is 0.329 e. The zero-order valence-corrected chi connectivity index (χ0v) is 24.0. The fourth-order valence-corrected chi connectivity index (χ4v) is 3.57. The Kier molecular flexibility index (Phi) is 11.5. The van der Waals surface area contributed by atoms with Gasteiger partial charge in [0, 0.05) is 15.8 Å². The van der Waals surface area contributed by atoms with Crippen molar-refractivity contribution in [3.8, 4) is 17.2 Å². The number of anilines is 2. The van der Waals surface area contributed by atoms with Crippen molar-refractivity contribution in [3.05, 3.63) is 76.3 Å². The molecule has 0 saturated heterocycles. The summed E-state index contributed by atoms with van der Waals surface area (Å²) in [4.78, 5) is 36.6. The van der Waals surface area contributed by atoms with Crippen molar-refractivity contribution in [2.75, 3.05) is 31.0 Å². The number of rotatable bonds is 12. The van der Waals surface area contributed by atoms with Crippen molar-refractivity contribution in [2.45, 2.75) is 26.7 Å². The van der Waals surface area contributed by atoms with Gasteiger partial charge in [-0.25, -0.2) is 5.43 Å². The van der Waals surface area contributed by atoms with E-state index in [9.17, 15) is 14.4 Å². The van der Waals surface area contributed by atoms with Crippen LogP contribution in [0.1, 0.15) is 30.9 Å². The average Bonchev–Trinajstić information content (AvgIpc) is 2.95. The Morgan fingerprint density at radius 2 is 1.65 bits per heavy atom. The minimum atomic E-state index is -0.932. The molecule has 3 aromatic carbocycles. The molecule has 0 aliphatic rings. The Morgan fingerprint density at radius 1 is 0.900 bits per heavy atom. The Bertz CT molecular complexity index is 1360. The second-order valence-corrected chi connectivity index (χ2v) is 9.45. The molecule has 0 heterocycles. The summed E-state index contributed by atoms with van der Waals surface area (Å²) in [7, 11) is 1.46. The summed E-state index contributed by atoms with van der Waals surface area (Å²) in [5, 5.41) is 9.11. The van der Waals surface area contributed by atoms with Gasteiger partial charge >= 0.3 is 11.8 Å². The molecule has 0 saturated carbocycles. The van der Waals surface area contributed by atoms with Crippen LogP contribution in [0.25, 0.3) is 0 Å². The first-order chi connectivity index (χ1) is 19.3. The Labute approximate surface area is 241 Å². The molecular formula is C29H31BrN4O6. The highest BCUT2D eigenvalue weighted by Gasteiger charge is 2.13. The molecule has 3 amide bonds. The Morgan fingerprint density at radius 3 is 2.35 bits per heavy atom. The predicted molar refractivity (Wildman–Crippen MR) is 157 cm³/mol. The number of nitrogens with zero attached hydrogens (tertiary/aromatic N) is 1. The van der Waals surface area contributed by atoms with E-state index in [-0.39, 0.29) is 12.5 Å². The molecule has 3 rings (SSSR count). The van der Waals surface area contributed by atoms with Gasteiger partial charge in [-0.1, -0.05) is 29.3 Å². The first-order valence-corrected chi connectivity index (χ1v) is 13.3. The molecule has 210 valence electrons. The number of hydrogen-bond acceptors (Lipinski definition) is 7. The number of ether oxygens (including phenoxy) is 3. The first kappa shape index (κ1) is 30.2. The Balaban J connectivity index is 1.48. The average molecular weight is 611 g/mol. The highest BCUT2D eigenvalue weighted by atomic mass is 79.9. The van der Waals surface area contributed by atoms with E-state index in [4.69, 9.17) is 14.2 Å². The molecular weight excluding hydrogens is 580 g/mol. The summed E-state index contributed by atoms with van der Waals surface area (Å²) in [5.74, 6) is -0.722. The van der Waals surface area contributed by atoms with Crippen LogP contribution in [0.4, 0.5) is 11.4 Å². The molecule has 10 nitrogen and oxygen atoms in total. The molecule has 0 fully saturated rings. The van der Waals surface area contributed by atoms with E-state index in [1.807, 2.05) is 19.1 Å². The van der Waals surface area contributed by atoms with E-state index in [2.05, 4.69) is 44.0 Å². The molecule has 0 unspecified atom stereocenters. The number of amides is 3. The maximum atomic E-state index is 12.3. The highest BCUT2D eigenvalue weighted by Crippen LogP contribution is 2.27. The van der Waals surface area contributed by atoms with Gasteiger partial charge in [-0.05, 0) is 85.1 Å². The lowest BCUT2D eigenvalue weighted by molar-refractivity contribution is -0.136. The van der Waals surface area contributed by atoms with Crippen LogP contribution in [0.15, 0.2) is 70.2 Å². The predicted octanol–water partition coefficient (Wildman–Crippen LogP) is 5.05. The largest absolute Gasteiger partial charge is 0.494 e. The fourth-order valence-electron chi connectivity index (χ4n) is 3.32. The molecule has 0 aliphatic heterocycles. The monoisotopic (exact) mass is 610 g/mol. The van der Waals surface area contributed by atoms with Gasteiger partial charge in [0.25, 0.3) is 5.91 Å². The first-order valence-electron chi connectivity index (χ1n) is 12.5. The molecule has 0 radical (unpaired) electrons. The lowest BCUT2D eigenvalue weighted by Crippen LogP contribution is -2.32. The van der Waals surface area contributed by atoms with Gasteiger partial charge in [0.2, 0.25) is 0 Å². The summed E-state index contributed by atoms with van der Waals surface area (Å²) >= 11 is 3.43. The van der Waals surface area contributed by atoms with Gasteiger partial charge in [-0.15, -0.1) is 0 Å². The third-order valence-electron chi connectivity index (χ3n) is 5.45. The molecule has 40 heavy (non-hydrogen) atoms. The van der Waals surface area contributed by atoms with Crippen LogP contribution in [-0.2, 0) is 14.4 Å². The number of halogens is 1. The van der Waals surface area contributed by atoms with Crippen LogP contribution >= 0.6 is 15.9 Å². The van der Waals surface area contributed by atoms with Crippen molar-refractivity contribution in [3.63, 3.8) is 0 Å². The number of aryl methyl sites for hydroxylation is 1. The highest BCUT2D eigenvalue weighted by molar-refractivity contribution is 9.10.